The fourth-order valence-electron chi connectivity index (χ4n) is 2.22. The zero-order valence-electron chi connectivity index (χ0n) is 13.8. The highest BCUT2D eigenvalue weighted by Crippen LogP contribution is 2.13. The molecule has 24 heavy (non-hydrogen) atoms. The van der Waals surface area contributed by atoms with E-state index in [9.17, 15) is 9.18 Å². The van der Waals surface area contributed by atoms with Gasteiger partial charge in [-0.15, -0.1) is 0 Å². The van der Waals surface area contributed by atoms with E-state index in [4.69, 9.17) is 4.74 Å². The molecule has 0 radical (unpaired) electrons. The van der Waals surface area contributed by atoms with Crippen LogP contribution in [-0.2, 0) is 13.0 Å². The van der Waals surface area contributed by atoms with Gasteiger partial charge in [0.25, 0.3) is 0 Å². The molecule has 0 spiro atoms. The van der Waals surface area contributed by atoms with Gasteiger partial charge >= 0.3 is 6.03 Å². The summed E-state index contributed by atoms with van der Waals surface area (Å²) in [5.41, 5.74) is 1.56. The van der Waals surface area contributed by atoms with Gasteiger partial charge in [-0.1, -0.05) is 37.3 Å². The van der Waals surface area contributed by atoms with Gasteiger partial charge in [0.1, 0.15) is 11.6 Å². The summed E-state index contributed by atoms with van der Waals surface area (Å²) in [6, 6.07) is 13.9. The maximum absolute atomic E-state index is 13.5. The Morgan fingerprint density at radius 1 is 1.12 bits per heavy atom. The maximum atomic E-state index is 13.5. The second-order valence-corrected chi connectivity index (χ2v) is 5.45. The van der Waals surface area contributed by atoms with E-state index in [0.29, 0.717) is 31.7 Å². The van der Waals surface area contributed by atoms with E-state index in [0.717, 1.165) is 17.7 Å². The van der Waals surface area contributed by atoms with Crippen LogP contribution >= 0.6 is 0 Å². The molecule has 0 aromatic heterocycles. The van der Waals surface area contributed by atoms with E-state index >= 15 is 0 Å². The third-order valence-corrected chi connectivity index (χ3v) is 3.46. The monoisotopic (exact) mass is 330 g/mol. The average Bonchev–Trinajstić information content (AvgIpc) is 2.60. The number of nitrogens with one attached hydrogen (secondary N) is 2. The van der Waals surface area contributed by atoms with Crippen LogP contribution in [0, 0.1) is 5.82 Å². The van der Waals surface area contributed by atoms with Gasteiger partial charge in [0.05, 0.1) is 6.61 Å². The number of rotatable bonds is 8. The van der Waals surface area contributed by atoms with Crippen molar-refractivity contribution in [1.82, 2.24) is 10.6 Å². The second kappa shape index (κ2) is 9.55. The lowest BCUT2D eigenvalue weighted by molar-refractivity contribution is 0.240. The number of ether oxygens (including phenoxy) is 1. The van der Waals surface area contributed by atoms with Gasteiger partial charge in [-0.2, -0.15) is 0 Å². The van der Waals surface area contributed by atoms with Gasteiger partial charge in [0.15, 0.2) is 0 Å². The largest absolute Gasteiger partial charge is 0.494 e. The van der Waals surface area contributed by atoms with E-state index in [2.05, 4.69) is 17.6 Å². The molecule has 0 aliphatic heterocycles. The predicted octanol–water partition coefficient (Wildman–Crippen LogP) is 3.66. The Morgan fingerprint density at radius 2 is 1.96 bits per heavy atom. The molecule has 0 aliphatic rings. The zero-order chi connectivity index (χ0) is 17.2. The number of urea groups is 1. The number of halogens is 1. The highest BCUT2D eigenvalue weighted by Gasteiger charge is 2.04. The summed E-state index contributed by atoms with van der Waals surface area (Å²) in [5, 5.41) is 5.51. The van der Waals surface area contributed by atoms with Crippen molar-refractivity contribution < 1.29 is 13.9 Å². The lowest BCUT2D eigenvalue weighted by Crippen LogP contribution is -2.36. The summed E-state index contributed by atoms with van der Waals surface area (Å²) in [6.07, 6.45) is 1.41. The minimum Gasteiger partial charge on any atom is -0.494 e. The molecule has 2 rings (SSSR count). The van der Waals surface area contributed by atoms with Gasteiger partial charge < -0.3 is 15.4 Å². The SMILES string of the molecule is CCCOc1cccc(CNC(=O)NCCc2ccccc2F)c1. The van der Waals surface area contributed by atoms with E-state index in [1.807, 2.05) is 24.3 Å². The van der Waals surface area contributed by atoms with E-state index in [-0.39, 0.29) is 11.8 Å². The van der Waals surface area contributed by atoms with Crippen LogP contribution in [0.15, 0.2) is 48.5 Å². The van der Waals surface area contributed by atoms with Crippen LogP contribution in [0.4, 0.5) is 9.18 Å². The average molecular weight is 330 g/mol. The number of carbonyl (C=O) groups excluding carboxylic acids is 1. The summed E-state index contributed by atoms with van der Waals surface area (Å²) in [4.78, 5) is 11.8. The van der Waals surface area contributed by atoms with Crippen LogP contribution in [0.3, 0.4) is 0 Å². The number of amides is 2. The third kappa shape index (κ3) is 5.91. The minimum absolute atomic E-state index is 0.247. The topological polar surface area (TPSA) is 50.4 Å². The molecule has 0 saturated heterocycles. The van der Waals surface area contributed by atoms with Crippen LogP contribution < -0.4 is 15.4 Å². The van der Waals surface area contributed by atoms with E-state index < -0.39 is 0 Å². The minimum atomic E-state index is -0.272. The molecule has 5 heteroatoms. The Balaban J connectivity index is 1.72. The Bertz CT molecular complexity index is 661. The van der Waals surface area contributed by atoms with Crippen LogP contribution in [0.1, 0.15) is 24.5 Å². The lowest BCUT2D eigenvalue weighted by atomic mass is 10.1. The lowest BCUT2D eigenvalue weighted by Gasteiger charge is -2.10. The standard InChI is InChI=1S/C19H23FN2O2/c1-2-12-24-17-8-5-6-15(13-17)14-22-19(23)21-11-10-16-7-3-4-9-18(16)20/h3-9,13H,2,10-12,14H2,1H3,(H2,21,22,23). The summed E-state index contributed by atoms with van der Waals surface area (Å²) in [7, 11) is 0. The molecular weight excluding hydrogens is 307 g/mol. The smallest absolute Gasteiger partial charge is 0.315 e. The van der Waals surface area contributed by atoms with Crippen molar-refractivity contribution >= 4 is 6.03 Å². The fraction of sp³-hybridized carbons (Fsp3) is 0.316. The molecule has 2 N–H and O–H groups in total. The van der Waals surface area contributed by atoms with Crippen molar-refractivity contribution in [3.63, 3.8) is 0 Å². The van der Waals surface area contributed by atoms with Gasteiger partial charge in [0.2, 0.25) is 0 Å². The molecule has 2 amide bonds. The number of hydrogen-bond donors (Lipinski definition) is 2. The molecule has 2 aromatic rings. The van der Waals surface area contributed by atoms with Gasteiger partial charge in [-0.05, 0) is 42.2 Å². The van der Waals surface area contributed by atoms with Crippen molar-refractivity contribution in [2.24, 2.45) is 0 Å². The van der Waals surface area contributed by atoms with Gasteiger partial charge in [-0.3, -0.25) is 0 Å². The molecule has 0 fully saturated rings. The molecule has 128 valence electrons. The molecular formula is C19H23FN2O2. The second-order valence-electron chi connectivity index (χ2n) is 5.45. The zero-order valence-corrected chi connectivity index (χ0v) is 13.8. The number of benzene rings is 2. The highest BCUT2D eigenvalue weighted by atomic mass is 19.1. The van der Waals surface area contributed by atoms with Crippen molar-refractivity contribution in [3.8, 4) is 5.75 Å². The van der Waals surface area contributed by atoms with Gasteiger partial charge in [-0.25, -0.2) is 9.18 Å². The molecule has 0 heterocycles. The summed E-state index contributed by atoms with van der Waals surface area (Å²) >= 11 is 0. The first-order valence-corrected chi connectivity index (χ1v) is 8.16. The van der Waals surface area contributed by atoms with Crippen LogP contribution in [0.2, 0.25) is 0 Å². The van der Waals surface area contributed by atoms with Crippen LogP contribution in [0.25, 0.3) is 0 Å². The first-order chi connectivity index (χ1) is 11.7. The van der Waals surface area contributed by atoms with Crippen molar-refractivity contribution in [2.75, 3.05) is 13.2 Å². The third-order valence-electron chi connectivity index (χ3n) is 3.46. The maximum Gasteiger partial charge on any atom is 0.315 e. The first-order valence-electron chi connectivity index (χ1n) is 8.16. The summed E-state index contributed by atoms with van der Waals surface area (Å²) < 4.78 is 19.0. The number of carbonyl (C=O) groups is 1. The molecule has 0 aliphatic carbocycles. The molecule has 0 atom stereocenters. The van der Waals surface area contributed by atoms with Crippen molar-refractivity contribution in [3.05, 3.63) is 65.5 Å². The van der Waals surface area contributed by atoms with Crippen molar-refractivity contribution in [1.29, 1.82) is 0 Å². The Labute approximate surface area is 142 Å². The van der Waals surface area contributed by atoms with Gasteiger partial charge in [0, 0.05) is 13.1 Å². The Kier molecular flexibility index (Phi) is 7.08. The Morgan fingerprint density at radius 3 is 2.75 bits per heavy atom. The molecule has 4 nitrogen and oxygen atoms in total. The van der Waals surface area contributed by atoms with E-state index in [1.54, 1.807) is 18.2 Å². The normalized spacial score (nSPS) is 10.2. The summed E-state index contributed by atoms with van der Waals surface area (Å²) in [5.74, 6) is 0.555. The van der Waals surface area contributed by atoms with E-state index in [1.165, 1.54) is 6.07 Å². The van der Waals surface area contributed by atoms with Crippen LogP contribution in [-0.4, -0.2) is 19.2 Å². The summed E-state index contributed by atoms with van der Waals surface area (Å²) in [6.45, 7) is 3.52. The first kappa shape index (κ1) is 17.8. The molecule has 0 bridgehead atoms. The quantitative estimate of drug-likeness (QED) is 0.776. The highest BCUT2D eigenvalue weighted by molar-refractivity contribution is 5.73. The van der Waals surface area contributed by atoms with Crippen LogP contribution in [0.5, 0.6) is 5.75 Å². The number of hydrogen-bond acceptors (Lipinski definition) is 2. The molecule has 0 unspecified atom stereocenters. The molecule has 2 aromatic carbocycles. The molecule has 0 saturated carbocycles. The fourth-order valence-corrected chi connectivity index (χ4v) is 2.22. The van der Waals surface area contributed by atoms with Crippen molar-refractivity contribution in [2.45, 2.75) is 26.3 Å². The Hall–Kier alpha value is -2.56. The predicted molar refractivity (Wildman–Crippen MR) is 92.6 cm³/mol.